The first-order valence-electron chi connectivity index (χ1n) is 6.31. The number of hydrogen-bond donors (Lipinski definition) is 1. The van der Waals surface area contributed by atoms with Crippen LogP contribution < -0.4 is 5.32 Å². The van der Waals surface area contributed by atoms with Gasteiger partial charge in [-0.25, -0.2) is 0 Å². The smallest absolute Gasteiger partial charge is 0.305 e. The van der Waals surface area contributed by atoms with E-state index < -0.39 is 16.4 Å². The van der Waals surface area contributed by atoms with Gasteiger partial charge < -0.3 is 5.32 Å². The molecule has 0 aliphatic heterocycles. The van der Waals surface area contributed by atoms with Crippen molar-refractivity contribution in [3.8, 4) is 0 Å². The fraction of sp³-hybridized carbons (Fsp3) is 0.429. The van der Waals surface area contributed by atoms with E-state index in [0.29, 0.717) is 5.56 Å². The molecule has 1 atom stereocenters. The molecule has 1 unspecified atom stereocenters. The van der Waals surface area contributed by atoms with Crippen molar-refractivity contribution in [3.63, 3.8) is 0 Å². The molecule has 1 aromatic carbocycles. The highest BCUT2D eigenvalue weighted by Crippen LogP contribution is 2.20. The molecule has 0 saturated heterocycles. The molecule has 4 nitrogen and oxygen atoms in total. The van der Waals surface area contributed by atoms with E-state index in [9.17, 15) is 14.5 Å². The third-order valence-corrected chi connectivity index (χ3v) is 2.94. The molecule has 104 valence electrons. The minimum Gasteiger partial charge on any atom is -0.311 e. The van der Waals surface area contributed by atoms with Crippen LogP contribution in [0.1, 0.15) is 32.8 Å². The second-order valence-corrected chi connectivity index (χ2v) is 4.53. The van der Waals surface area contributed by atoms with E-state index in [-0.39, 0.29) is 6.04 Å². The highest BCUT2D eigenvalue weighted by atomic mass is 19.1. The van der Waals surface area contributed by atoms with Gasteiger partial charge in [-0.15, -0.1) is 0 Å². The van der Waals surface area contributed by atoms with Crippen LogP contribution >= 0.6 is 0 Å². The quantitative estimate of drug-likeness (QED) is 0.633. The molecule has 19 heavy (non-hydrogen) atoms. The molecule has 0 aromatic heterocycles. The van der Waals surface area contributed by atoms with E-state index >= 15 is 0 Å². The topological polar surface area (TPSA) is 55.2 Å². The summed E-state index contributed by atoms with van der Waals surface area (Å²) in [4.78, 5) is 9.96. The maximum atomic E-state index is 13.2. The van der Waals surface area contributed by atoms with Gasteiger partial charge in [-0.05, 0) is 38.4 Å². The van der Waals surface area contributed by atoms with Gasteiger partial charge in [0.15, 0.2) is 0 Å². The van der Waals surface area contributed by atoms with Gasteiger partial charge in [-0.1, -0.05) is 24.6 Å². The molecule has 0 aliphatic rings. The van der Waals surface area contributed by atoms with Gasteiger partial charge >= 0.3 is 5.69 Å². The van der Waals surface area contributed by atoms with Crippen LogP contribution in [-0.2, 0) is 0 Å². The SMILES string of the molecule is CCCNC(C)/C(C)=C/c1ccc(F)c([N+](=O)[O-])c1. The first-order chi connectivity index (χ1) is 8.95. The van der Waals surface area contributed by atoms with Gasteiger partial charge in [0.05, 0.1) is 4.92 Å². The average molecular weight is 266 g/mol. The normalized spacial score (nSPS) is 13.4. The molecule has 0 aliphatic carbocycles. The Bertz CT molecular complexity index is 486. The lowest BCUT2D eigenvalue weighted by Crippen LogP contribution is -2.27. The second kappa shape index (κ2) is 6.99. The molecule has 0 saturated carbocycles. The summed E-state index contributed by atoms with van der Waals surface area (Å²) >= 11 is 0. The summed E-state index contributed by atoms with van der Waals surface area (Å²) < 4.78 is 13.2. The van der Waals surface area contributed by atoms with Crippen molar-refractivity contribution in [2.24, 2.45) is 0 Å². The lowest BCUT2D eigenvalue weighted by molar-refractivity contribution is -0.387. The van der Waals surface area contributed by atoms with Crippen LogP contribution in [0.15, 0.2) is 23.8 Å². The van der Waals surface area contributed by atoms with Crippen LogP contribution in [0.5, 0.6) is 0 Å². The van der Waals surface area contributed by atoms with E-state index in [1.807, 2.05) is 19.9 Å². The van der Waals surface area contributed by atoms with Crippen molar-refractivity contribution in [1.29, 1.82) is 0 Å². The summed E-state index contributed by atoms with van der Waals surface area (Å²) in [6.45, 7) is 6.97. The third-order valence-electron chi connectivity index (χ3n) is 2.94. The number of rotatable bonds is 6. The van der Waals surface area contributed by atoms with Gasteiger partial charge in [0.25, 0.3) is 0 Å². The Balaban J connectivity index is 2.92. The zero-order valence-corrected chi connectivity index (χ0v) is 11.4. The first kappa shape index (κ1) is 15.3. The number of nitrogens with zero attached hydrogens (tertiary/aromatic N) is 1. The zero-order chi connectivity index (χ0) is 14.4. The highest BCUT2D eigenvalue weighted by Gasteiger charge is 2.13. The Labute approximate surface area is 112 Å². The summed E-state index contributed by atoms with van der Waals surface area (Å²) in [5.74, 6) is -0.808. The van der Waals surface area contributed by atoms with Crippen molar-refractivity contribution in [3.05, 3.63) is 45.3 Å². The Morgan fingerprint density at radius 3 is 2.84 bits per heavy atom. The lowest BCUT2D eigenvalue weighted by atomic mass is 10.1. The summed E-state index contributed by atoms with van der Waals surface area (Å²) in [5, 5.41) is 14.0. The molecule has 0 bridgehead atoms. The van der Waals surface area contributed by atoms with Crippen molar-refractivity contribution >= 4 is 11.8 Å². The molecule has 1 N–H and O–H groups in total. The maximum Gasteiger partial charge on any atom is 0.305 e. The van der Waals surface area contributed by atoms with Gasteiger partial charge in [0.2, 0.25) is 5.82 Å². The molecule has 0 amide bonds. The molecule has 1 aromatic rings. The van der Waals surface area contributed by atoms with Crippen molar-refractivity contribution < 1.29 is 9.31 Å². The molecular formula is C14H19FN2O2. The lowest BCUT2D eigenvalue weighted by Gasteiger charge is -2.14. The number of benzene rings is 1. The minimum atomic E-state index is -0.808. The van der Waals surface area contributed by atoms with E-state index in [1.165, 1.54) is 6.07 Å². The number of hydrogen-bond acceptors (Lipinski definition) is 3. The summed E-state index contributed by atoms with van der Waals surface area (Å²) in [6, 6.07) is 4.11. The molecule has 0 radical (unpaired) electrons. The Hall–Kier alpha value is -1.75. The molecule has 0 fully saturated rings. The average Bonchev–Trinajstić information content (AvgIpc) is 2.37. The van der Waals surface area contributed by atoms with Crippen LogP contribution in [0.4, 0.5) is 10.1 Å². The van der Waals surface area contributed by atoms with Gasteiger partial charge in [0.1, 0.15) is 0 Å². The molecule has 0 spiro atoms. The van der Waals surface area contributed by atoms with Crippen molar-refractivity contribution in [2.45, 2.75) is 33.2 Å². The van der Waals surface area contributed by atoms with Crippen molar-refractivity contribution in [1.82, 2.24) is 5.32 Å². The van der Waals surface area contributed by atoms with Crippen molar-refractivity contribution in [2.75, 3.05) is 6.54 Å². The standard InChI is InChI=1S/C14H19FN2O2/c1-4-7-16-11(3)10(2)8-12-5-6-13(15)14(9-12)17(18)19/h5-6,8-9,11,16H,4,7H2,1-3H3/b10-8+. The Morgan fingerprint density at radius 2 is 2.26 bits per heavy atom. The largest absolute Gasteiger partial charge is 0.311 e. The van der Waals surface area contributed by atoms with Crippen LogP contribution in [-0.4, -0.2) is 17.5 Å². The summed E-state index contributed by atoms with van der Waals surface area (Å²) in [7, 11) is 0. The van der Waals surface area contributed by atoms with Crippen LogP contribution in [0.3, 0.4) is 0 Å². The van der Waals surface area contributed by atoms with Crippen LogP contribution in [0, 0.1) is 15.9 Å². The Morgan fingerprint density at radius 1 is 1.58 bits per heavy atom. The summed E-state index contributed by atoms with van der Waals surface area (Å²) in [6.07, 6.45) is 2.87. The molecular weight excluding hydrogens is 247 g/mol. The van der Waals surface area contributed by atoms with Gasteiger partial charge in [0, 0.05) is 12.1 Å². The first-order valence-corrected chi connectivity index (χ1v) is 6.31. The van der Waals surface area contributed by atoms with E-state index in [4.69, 9.17) is 0 Å². The third kappa shape index (κ3) is 4.44. The number of nitro benzene ring substituents is 1. The number of nitro groups is 1. The highest BCUT2D eigenvalue weighted by molar-refractivity contribution is 5.57. The van der Waals surface area contributed by atoms with E-state index in [1.54, 1.807) is 6.07 Å². The van der Waals surface area contributed by atoms with Gasteiger partial charge in [-0.3, -0.25) is 10.1 Å². The summed E-state index contributed by atoms with van der Waals surface area (Å²) in [5.41, 5.74) is 1.20. The predicted octanol–water partition coefficient (Wildman–Crippen LogP) is 3.53. The molecule has 5 heteroatoms. The van der Waals surface area contributed by atoms with Gasteiger partial charge in [-0.2, -0.15) is 4.39 Å². The van der Waals surface area contributed by atoms with Crippen LogP contribution in [0.2, 0.25) is 0 Å². The second-order valence-electron chi connectivity index (χ2n) is 4.53. The Kier molecular flexibility index (Phi) is 5.63. The zero-order valence-electron chi connectivity index (χ0n) is 11.4. The predicted molar refractivity (Wildman–Crippen MR) is 74.5 cm³/mol. The minimum absolute atomic E-state index is 0.184. The number of nitrogens with one attached hydrogen (secondary N) is 1. The molecule has 0 heterocycles. The maximum absolute atomic E-state index is 13.2. The monoisotopic (exact) mass is 266 g/mol. The fourth-order valence-electron chi connectivity index (χ4n) is 1.67. The fourth-order valence-corrected chi connectivity index (χ4v) is 1.67. The van der Waals surface area contributed by atoms with E-state index in [0.717, 1.165) is 24.6 Å². The number of halogens is 1. The van der Waals surface area contributed by atoms with E-state index in [2.05, 4.69) is 12.2 Å². The van der Waals surface area contributed by atoms with Crippen LogP contribution in [0.25, 0.3) is 6.08 Å². The molecule has 1 rings (SSSR count).